The summed E-state index contributed by atoms with van der Waals surface area (Å²) >= 11 is 0. The number of para-hydroxylation sites is 1. The Labute approximate surface area is 150 Å². The lowest BCUT2D eigenvalue weighted by Crippen LogP contribution is -2.54. The molecule has 25 heavy (non-hydrogen) atoms. The van der Waals surface area contributed by atoms with E-state index in [1.165, 1.54) is 12.8 Å². The van der Waals surface area contributed by atoms with Gasteiger partial charge in [0.1, 0.15) is 5.75 Å². The van der Waals surface area contributed by atoms with Gasteiger partial charge in [0.05, 0.1) is 19.6 Å². The van der Waals surface area contributed by atoms with E-state index < -0.39 is 0 Å². The molecule has 0 aliphatic carbocycles. The van der Waals surface area contributed by atoms with Crippen molar-refractivity contribution in [2.24, 2.45) is 0 Å². The molecule has 1 aromatic rings. The van der Waals surface area contributed by atoms with Gasteiger partial charge in [-0.25, -0.2) is 0 Å². The SMILES string of the molecule is COC[C@H]1CCC2(CCN(C(=O)CCOc3ccccc3)CC2)N1C. The number of hydrogen-bond acceptors (Lipinski definition) is 4. The fourth-order valence-corrected chi connectivity index (χ4v) is 4.29. The third-order valence-electron chi connectivity index (χ3n) is 5.97. The van der Waals surface area contributed by atoms with Crippen molar-refractivity contribution in [2.75, 3.05) is 40.5 Å². The first-order chi connectivity index (χ1) is 12.1. The van der Waals surface area contributed by atoms with Crippen LogP contribution in [0, 0.1) is 0 Å². The van der Waals surface area contributed by atoms with Crippen molar-refractivity contribution in [3.05, 3.63) is 30.3 Å². The second-order valence-electron chi connectivity index (χ2n) is 7.28. The number of carbonyl (C=O) groups excluding carboxylic acids is 1. The van der Waals surface area contributed by atoms with Crippen LogP contribution in [0.3, 0.4) is 0 Å². The van der Waals surface area contributed by atoms with E-state index in [9.17, 15) is 4.79 Å². The van der Waals surface area contributed by atoms with Gasteiger partial charge in [-0.3, -0.25) is 9.69 Å². The molecule has 3 rings (SSSR count). The van der Waals surface area contributed by atoms with Gasteiger partial charge in [0, 0.05) is 31.8 Å². The highest BCUT2D eigenvalue weighted by Crippen LogP contribution is 2.40. The Bertz CT molecular complexity index is 555. The fourth-order valence-electron chi connectivity index (χ4n) is 4.29. The minimum atomic E-state index is 0.208. The van der Waals surface area contributed by atoms with Crippen LogP contribution in [-0.2, 0) is 9.53 Å². The van der Waals surface area contributed by atoms with Gasteiger partial charge in [-0.2, -0.15) is 0 Å². The fraction of sp³-hybridized carbons (Fsp3) is 0.650. The van der Waals surface area contributed by atoms with Crippen molar-refractivity contribution in [2.45, 2.75) is 43.7 Å². The number of amides is 1. The van der Waals surface area contributed by atoms with E-state index in [1.807, 2.05) is 35.2 Å². The number of nitrogens with zero attached hydrogens (tertiary/aromatic N) is 2. The van der Waals surface area contributed by atoms with Crippen LogP contribution in [0.25, 0.3) is 0 Å². The Balaban J connectivity index is 1.43. The molecule has 1 spiro atoms. The van der Waals surface area contributed by atoms with Crippen molar-refractivity contribution in [1.82, 2.24) is 9.80 Å². The number of methoxy groups -OCH3 is 1. The molecule has 2 aliphatic heterocycles. The topological polar surface area (TPSA) is 42.0 Å². The van der Waals surface area contributed by atoms with E-state index in [1.54, 1.807) is 7.11 Å². The summed E-state index contributed by atoms with van der Waals surface area (Å²) in [6.45, 7) is 2.96. The van der Waals surface area contributed by atoms with Gasteiger partial charge < -0.3 is 14.4 Å². The molecule has 5 heteroatoms. The summed E-state index contributed by atoms with van der Waals surface area (Å²) in [5.41, 5.74) is 0.264. The summed E-state index contributed by atoms with van der Waals surface area (Å²) in [6.07, 6.45) is 4.99. The average Bonchev–Trinajstić information content (AvgIpc) is 2.93. The number of ether oxygens (including phenoxy) is 2. The van der Waals surface area contributed by atoms with Gasteiger partial charge in [0.25, 0.3) is 0 Å². The summed E-state index contributed by atoms with van der Waals surface area (Å²) in [7, 11) is 4.00. The van der Waals surface area contributed by atoms with Crippen molar-refractivity contribution >= 4 is 5.91 Å². The van der Waals surface area contributed by atoms with Crippen LogP contribution in [0.5, 0.6) is 5.75 Å². The zero-order chi connectivity index (χ0) is 17.7. The lowest BCUT2D eigenvalue weighted by Gasteiger charge is -2.45. The van der Waals surface area contributed by atoms with Gasteiger partial charge in [0.2, 0.25) is 5.91 Å². The predicted molar refractivity (Wildman–Crippen MR) is 97.8 cm³/mol. The van der Waals surface area contributed by atoms with E-state index in [0.717, 1.165) is 38.3 Å². The largest absolute Gasteiger partial charge is 0.493 e. The van der Waals surface area contributed by atoms with Crippen LogP contribution in [-0.4, -0.2) is 67.7 Å². The van der Waals surface area contributed by atoms with E-state index in [-0.39, 0.29) is 11.4 Å². The molecule has 0 N–H and O–H groups in total. The Morgan fingerprint density at radius 3 is 2.60 bits per heavy atom. The number of likely N-dealkylation sites (N-methyl/N-ethyl adjacent to an activating group) is 1. The van der Waals surface area contributed by atoms with Gasteiger partial charge in [-0.05, 0) is 44.9 Å². The molecule has 0 bridgehead atoms. The second-order valence-corrected chi connectivity index (χ2v) is 7.28. The summed E-state index contributed by atoms with van der Waals surface area (Å²) < 4.78 is 11.0. The molecule has 2 fully saturated rings. The predicted octanol–water partition coefficient (Wildman–Crippen LogP) is 2.56. The molecular formula is C20H30N2O3. The van der Waals surface area contributed by atoms with Crippen LogP contribution in [0.1, 0.15) is 32.1 Å². The molecule has 1 amide bonds. The minimum Gasteiger partial charge on any atom is -0.493 e. The summed E-state index contributed by atoms with van der Waals surface area (Å²) in [5, 5.41) is 0. The van der Waals surface area contributed by atoms with Gasteiger partial charge in [0.15, 0.2) is 0 Å². The Hall–Kier alpha value is -1.59. The number of piperidine rings is 1. The number of benzene rings is 1. The Kier molecular flexibility index (Phi) is 5.97. The molecule has 2 saturated heterocycles. The van der Waals surface area contributed by atoms with Crippen molar-refractivity contribution in [3.63, 3.8) is 0 Å². The lowest BCUT2D eigenvalue weighted by molar-refractivity contribution is -0.134. The highest BCUT2D eigenvalue weighted by molar-refractivity contribution is 5.76. The number of rotatable bonds is 6. The summed E-state index contributed by atoms with van der Waals surface area (Å²) in [6, 6.07) is 10.2. The zero-order valence-electron chi connectivity index (χ0n) is 15.4. The Morgan fingerprint density at radius 2 is 1.92 bits per heavy atom. The molecule has 0 unspecified atom stereocenters. The quantitative estimate of drug-likeness (QED) is 0.794. The first kappa shape index (κ1) is 18.2. The van der Waals surface area contributed by atoms with Crippen LogP contribution in [0.2, 0.25) is 0 Å². The van der Waals surface area contributed by atoms with E-state index in [4.69, 9.17) is 9.47 Å². The van der Waals surface area contributed by atoms with E-state index in [0.29, 0.717) is 19.1 Å². The highest BCUT2D eigenvalue weighted by atomic mass is 16.5. The monoisotopic (exact) mass is 346 g/mol. The highest BCUT2D eigenvalue weighted by Gasteiger charge is 2.45. The maximum Gasteiger partial charge on any atom is 0.225 e. The minimum absolute atomic E-state index is 0.208. The standard InChI is InChI=1S/C20H30N2O3/c1-21-17(16-24-2)8-10-20(21)11-13-22(14-12-20)19(23)9-15-25-18-6-4-3-5-7-18/h3-7,17H,8-16H2,1-2H3/t17-/m1/s1. The summed E-state index contributed by atoms with van der Waals surface area (Å²) in [5.74, 6) is 1.03. The molecule has 2 heterocycles. The molecule has 0 radical (unpaired) electrons. The third-order valence-corrected chi connectivity index (χ3v) is 5.97. The second kappa shape index (κ2) is 8.19. The van der Waals surface area contributed by atoms with Crippen molar-refractivity contribution < 1.29 is 14.3 Å². The molecular weight excluding hydrogens is 316 g/mol. The van der Waals surface area contributed by atoms with Gasteiger partial charge >= 0.3 is 0 Å². The van der Waals surface area contributed by atoms with Crippen molar-refractivity contribution in [1.29, 1.82) is 0 Å². The first-order valence-corrected chi connectivity index (χ1v) is 9.32. The summed E-state index contributed by atoms with van der Waals surface area (Å²) in [4.78, 5) is 17.0. The normalized spacial score (nSPS) is 23.1. The third kappa shape index (κ3) is 4.15. The maximum atomic E-state index is 12.5. The van der Waals surface area contributed by atoms with E-state index >= 15 is 0 Å². The van der Waals surface area contributed by atoms with E-state index in [2.05, 4.69) is 11.9 Å². The van der Waals surface area contributed by atoms with Crippen LogP contribution >= 0.6 is 0 Å². The number of hydrogen-bond donors (Lipinski definition) is 0. The van der Waals surface area contributed by atoms with Crippen LogP contribution in [0.4, 0.5) is 0 Å². The van der Waals surface area contributed by atoms with Crippen LogP contribution < -0.4 is 4.74 Å². The Morgan fingerprint density at radius 1 is 1.20 bits per heavy atom. The molecule has 0 saturated carbocycles. The molecule has 138 valence electrons. The molecule has 2 aliphatic rings. The molecule has 1 atom stereocenters. The lowest BCUT2D eigenvalue weighted by atomic mass is 9.85. The molecule has 0 aromatic heterocycles. The molecule has 1 aromatic carbocycles. The maximum absolute atomic E-state index is 12.5. The first-order valence-electron chi connectivity index (χ1n) is 9.32. The number of likely N-dealkylation sites (tertiary alicyclic amines) is 2. The zero-order valence-corrected chi connectivity index (χ0v) is 15.4. The van der Waals surface area contributed by atoms with Gasteiger partial charge in [-0.1, -0.05) is 18.2 Å². The van der Waals surface area contributed by atoms with Crippen LogP contribution in [0.15, 0.2) is 30.3 Å². The van der Waals surface area contributed by atoms with Crippen molar-refractivity contribution in [3.8, 4) is 5.75 Å². The number of carbonyl (C=O) groups is 1. The molecule has 5 nitrogen and oxygen atoms in total. The average molecular weight is 346 g/mol. The smallest absolute Gasteiger partial charge is 0.225 e. The van der Waals surface area contributed by atoms with Gasteiger partial charge in [-0.15, -0.1) is 0 Å².